The number of rotatable bonds is 3. The van der Waals surface area contributed by atoms with E-state index in [1.807, 2.05) is 6.07 Å². The van der Waals surface area contributed by atoms with Crippen LogP contribution in [-0.4, -0.2) is 15.7 Å². The maximum Gasteiger partial charge on any atom is 0.263 e. The second-order valence-electron chi connectivity index (χ2n) is 4.62. The van der Waals surface area contributed by atoms with Crippen LogP contribution in [0.1, 0.15) is 15.4 Å². The molecule has 7 heteroatoms. The molecule has 2 heterocycles. The van der Waals surface area contributed by atoms with Gasteiger partial charge >= 0.3 is 0 Å². The van der Waals surface area contributed by atoms with Gasteiger partial charge in [-0.25, -0.2) is 4.39 Å². The molecule has 0 saturated carbocycles. The molecule has 1 aromatic carbocycles. The molecule has 21 heavy (non-hydrogen) atoms. The van der Waals surface area contributed by atoms with E-state index in [1.165, 1.54) is 17.4 Å². The number of fused-ring (bicyclic) bond motifs is 1. The highest BCUT2D eigenvalue weighted by atomic mass is 32.1. The Morgan fingerprint density at radius 3 is 2.95 bits per heavy atom. The Morgan fingerprint density at radius 2 is 2.29 bits per heavy atom. The minimum Gasteiger partial charge on any atom is -0.397 e. The number of benzene rings is 1. The van der Waals surface area contributed by atoms with Crippen LogP contribution >= 0.6 is 11.3 Å². The van der Waals surface area contributed by atoms with Gasteiger partial charge in [0.15, 0.2) is 0 Å². The van der Waals surface area contributed by atoms with Gasteiger partial charge in [0, 0.05) is 17.9 Å². The Hall–Kier alpha value is -2.41. The minimum atomic E-state index is -0.412. The van der Waals surface area contributed by atoms with Gasteiger partial charge in [0.2, 0.25) is 0 Å². The van der Waals surface area contributed by atoms with Gasteiger partial charge in [-0.15, -0.1) is 11.3 Å². The molecule has 0 radical (unpaired) electrons. The molecule has 108 valence electrons. The number of hydrogen-bond donors (Lipinski definition) is 2. The highest BCUT2D eigenvalue weighted by Gasteiger charge is 2.18. The number of thiophene rings is 1. The maximum absolute atomic E-state index is 13.8. The number of hydrogen-bond acceptors (Lipinski definition) is 4. The molecule has 2 aromatic heterocycles. The van der Waals surface area contributed by atoms with Crippen LogP contribution in [0.2, 0.25) is 0 Å². The van der Waals surface area contributed by atoms with Gasteiger partial charge in [-0.3, -0.25) is 9.48 Å². The lowest BCUT2D eigenvalue weighted by atomic mass is 10.2. The molecule has 5 nitrogen and oxygen atoms in total. The van der Waals surface area contributed by atoms with Gasteiger partial charge in [0.05, 0.1) is 23.3 Å². The first-order chi connectivity index (χ1) is 10.1. The van der Waals surface area contributed by atoms with Gasteiger partial charge in [-0.05, 0) is 18.2 Å². The normalized spacial score (nSPS) is 11.0. The van der Waals surface area contributed by atoms with Crippen molar-refractivity contribution in [2.45, 2.75) is 6.54 Å². The summed E-state index contributed by atoms with van der Waals surface area (Å²) in [5.41, 5.74) is 6.84. The molecule has 3 rings (SSSR count). The summed E-state index contributed by atoms with van der Waals surface area (Å²) in [7, 11) is 1.80. The van der Waals surface area contributed by atoms with Crippen LogP contribution in [0.4, 0.5) is 10.1 Å². The van der Waals surface area contributed by atoms with E-state index in [0.29, 0.717) is 21.5 Å². The monoisotopic (exact) mass is 304 g/mol. The fourth-order valence-electron chi connectivity index (χ4n) is 2.11. The Bertz CT molecular complexity index is 824. The molecule has 0 unspecified atom stereocenters. The van der Waals surface area contributed by atoms with Crippen molar-refractivity contribution in [3.63, 3.8) is 0 Å². The maximum atomic E-state index is 13.8. The second kappa shape index (κ2) is 5.17. The number of nitrogen functional groups attached to an aromatic ring is 1. The van der Waals surface area contributed by atoms with Crippen LogP contribution in [0.15, 0.2) is 30.5 Å². The first kappa shape index (κ1) is 13.6. The predicted molar refractivity (Wildman–Crippen MR) is 80.6 cm³/mol. The quantitative estimate of drug-likeness (QED) is 0.779. The van der Waals surface area contributed by atoms with E-state index >= 15 is 0 Å². The summed E-state index contributed by atoms with van der Waals surface area (Å²) in [5.74, 6) is -0.733. The fraction of sp³-hybridized carbons (Fsp3) is 0.143. The van der Waals surface area contributed by atoms with E-state index in [4.69, 9.17) is 5.73 Å². The molecule has 0 aliphatic carbocycles. The molecule has 3 aromatic rings. The Balaban J connectivity index is 1.84. The lowest BCUT2D eigenvalue weighted by Crippen LogP contribution is -2.23. The molecule has 0 saturated heterocycles. The van der Waals surface area contributed by atoms with E-state index in [1.54, 1.807) is 30.1 Å². The summed E-state index contributed by atoms with van der Waals surface area (Å²) in [6, 6.07) is 6.49. The number of nitrogens with two attached hydrogens (primary N) is 1. The lowest BCUT2D eigenvalue weighted by Gasteiger charge is -2.02. The summed E-state index contributed by atoms with van der Waals surface area (Å²) in [6.07, 6.45) is 1.80. The number of aryl methyl sites for hydroxylation is 1. The molecule has 0 aliphatic rings. The van der Waals surface area contributed by atoms with Crippen molar-refractivity contribution in [3.8, 4) is 0 Å². The third kappa shape index (κ3) is 2.47. The molecule has 0 fully saturated rings. The van der Waals surface area contributed by atoms with Gasteiger partial charge in [0.1, 0.15) is 10.7 Å². The zero-order valence-electron chi connectivity index (χ0n) is 11.3. The summed E-state index contributed by atoms with van der Waals surface area (Å²) in [4.78, 5) is 12.5. The van der Waals surface area contributed by atoms with Gasteiger partial charge in [-0.1, -0.05) is 6.07 Å². The number of amides is 1. The average Bonchev–Trinajstić information content (AvgIpc) is 3.01. The Kier molecular flexibility index (Phi) is 3.34. The molecular formula is C14H13FN4OS. The third-order valence-electron chi connectivity index (χ3n) is 3.11. The molecule has 0 atom stereocenters. The number of carbonyl (C=O) groups excluding carboxylic acids is 1. The first-order valence-corrected chi connectivity index (χ1v) is 7.11. The summed E-state index contributed by atoms with van der Waals surface area (Å²) < 4.78 is 16.1. The van der Waals surface area contributed by atoms with E-state index in [-0.39, 0.29) is 11.6 Å². The highest BCUT2D eigenvalue weighted by molar-refractivity contribution is 7.21. The molecule has 1 amide bonds. The summed E-state index contributed by atoms with van der Waals surface area (Å²) in [5, 5.41) is 7.22. The van der Waals surface area contributed by atoms with Crippen molar-refractivity contribution < 1.29 is 9.18 Å². The predicted octanol–water partition coefficient (Wildman–Crippen LogP) is 2.29. The van der Waals surface area contributed by atoms with Crippen LogP contribution < -0.4 is 11.1 Å². The molecular weight excluding hydrogens is 291 g/mol. The van der Waals surface area contributed by atoms with Crippen molar-refractivity contribution in [1.29, 1.82) is 0 Å². The largest absolute Gasteiger partial charge is 0.397 e. The van der Waals surface area contributed by atoms with Gasteiger partial charge in [-0.2, -0.15) is 5.10 Å². The van der Waals surface area contributed by atoms with Crippen LogP contribution in [0.25, 0.3) is 10.1 Å². The SMILES string of the molecule is Cn1ccc(CNC(=O)c2sc3cccc(F)c3c2N)n1. The number of nitrogens with one attached hydrogen (secondary N) is 1. The topological polar surface area (TPSA) is 72.9 Å². The highest BCUT2D eigenvalue weighted by Crippen LogP contribution is 2.35. The molecule has 0 aliphatic heterocycles. The number of aromatic nitrogens is 2. The van der Waals surface area contributed by atoms with Crippen LogP contribution in [0.5, 0.6) is 0 Å². The standard InChI is InChI=1S/C14H13FN4OS/c1-19-6-5-8(18-19)7-17-14(20)13-12(16)11-9(15)3-2-4-10(11)21-13/h2-6H,7,16H2,1H3,(H,17,20). The molecule has 0 bridgehead atoms. The van der Waals surface area contributed by atoms with Crippen LogP contribution in [0.3, 0.4) is 0 Å². The van der Waals surface area contributed by atoms with Gasteiger partial charge < -0.3 is 11.1 Å². The number of anilines is 1. The number of nitrogens with zero attached hydrogens (tertiary/aromatic N) is 2. The summed E-state index contributed by atoms with van der Waals surface area (Å²) >= 11 is 1.18. The smallest absolute Gasteiger partial charge is 0.263 e. The summed E-state index contributed by atoms with van der Waals surface area (Å²) in [6.45, 7) is 0.301. The van der Waals surface area contributed by atoms with Crippen LogP contribution in [-0.2, 0) is 13.6 Å². The average molecular weight is 304 g/mol. The van der Waals surface area contributed by atoms with E-state index in [2.05, 4.69) is 10.4 Å². The number of halogens is 1. The van der Waals surface area contributed by atoms with Crippen LogP contribution in [0, 0.1) is 5.82 Å². The van der Waals surface area contributed by atoms with Crippen molar-refractivity contribution in [1.82, 2.24) is 15.1 Å². The molecule has 3 N–H and O–H groups in total. The van der Waals surface area contributed by atoms with E-state index in [0.717, 1.165) is 5.69 Å². The lowest BCUT2D eigenvalue weighted by molar-refractivity contribution is 0.0955. The Labute approximate surface area is 124 Å². The van der Waals surface area contributed by atoms with Crippen molar-refractivity contribution in [2.24, 2.45) is 7.05 Å². The zero-order valence-corrected chi connectivity index (χ0v) is 12.1. The van der Waals surface area contributed by atoms with E-state index < -0.39 is 5.82 Å². The third-order valence-corrected chi connectivity index (χ3v) is 4.28. The fourth-order valence-corrected chi connectivity index (χ4v) is 3.16. The number of carbonyl (C=O) groups is 1. The Morgan fingerprint density at radius 1 is 1.48 bits per heavy atom. The van der Waals surface area contributed by atoms with Gasteiger partial charge in [0.25, 0.3) is 5.91 Å². The van der Waals surface area contributed by atoms with Crippen molar-refractivity contribution >= 4 is 33.0 Å². The first-order valence-electron chi connectivity index (χ1n) is 6.29. The molecule has 0 spiro atoms. The minimum absolute atomic E-state index is 0.187. The van der Waals surface area contributed by atoms with Crippen molar-refractivity contribution in [2.75, 3.05) is 5.73 Å². The second-order valence-corrected chi connectivity index (χ2v) is 5.67. The van der Waals surface area contributed by atoms with E-state index in [9.17, 15) is 9.18 Å². The van der Waals surface area contributed by atoms with Crippen molar-refractivity contribution in [3.05, 3.63) is 46.9 Å². The zero-order chi connectivity index (χ0) is 15.0.